The van der Waals surface area contributed by atoms with Crippen molar-refractivity contribution in [1.29, 1.82) is 0 Å². The lowest BCUT2D eigenvalue weighted by Gasteiger charge is -2.30. The molecule has 1 aliphatic heterocycles. The topological polar surface area (TPSA) is 114 Å². The third kappa shape index (κ3) is 8.61. The molecule has 0 radical (unpaired) electrons. The molecule has 2 heterocycles. The Morgan fingerprint density at radius 1 is 0.882 bits per heavy atom. The lowest BCUT2D eigenvalue weighted by atomic mass is 10.0. The summed E-state index contributed by atoms with van der Waals surface area (Å²) < 4.78 is 11.0. The van der Waals surface area contributed by atoms with E-state index in [4.69, 9.17) is 9.47 Å². The second kappa shape index (κ2) is 15.4. The number of nitrogens with one attached hydrogen (secondary N) is 2. The van der Waals surface area contributed by atoms with Gasteiger partial charge in [-0.25, -0.2) is 9.59 Å². The molecule has 1 unspecified atom stereocenters. The lowest BCUT2D eigenvalue weighted by molar-refractivity contribution is -0.115. The van der Waals surface area contributed by atoms with Gasteiger partial charge in [0.1, 0.15) is 15.9 Å². The number of ether oxygens (including phenoxy) is 2. The lowest BCUT2D eigenvalue weighted by Crippen LogP contribution is -2.39. The number of fused-ring (bicyclic) bond motifs is 2. The van der Waals surface area contributed by atoms with Gasteiger partial charge in [-0.05, 0) is 86.3 Å². The van der Waals surface area contributed by atoms with E-state index >= 15 is 0 Å². The van der Waals surface area contributed by atoms with Crippen molar-refractivity contribution >= 4 is 68.4 Å². The largest absolute Gasteiger partial charge is 0.462 e. The van der Waals surface area contributed by atoms with Crippen LogP contribution in [0.15, 0.2) is 102 Å². The van der Waals surface area contributed by atoms with Crippen LogP contribution in [-0.4, -0.2) is 47.5 Å². The Hall–Kier alpha value is -5.13. The first kappa shape index (κ1) is 35.7. The number of esters is 1. The second-order valence-corrected chi connectivity index (χ2v) is 15.3. The Morgan fingerprint density at radius 3 is 2.37 bits per heavy atom. The van der Waals surface area contributed by atoms with E-state index in [9.17, 15) is 19.2 Å². The zero-order valence-electron chi connectivity index (χ0n) is 28.9. The van der Waals surface area contributed by atoms with Crippen LogP contribution >= 0.6 is 23.1 Å². The Morgan fingerprint density at radius 2 is 1.63 bits per heavy atom. The molecule has 0 fully saturated rings. The standard InChI is InChI=1S/C40H39N3O6S2/c1-5-48-38(46)33-31-20-21-43(39(47)49-40(2,3)4)24-32(31)51-37(33)42-36(45)34(26-13-7-6-8-14-26)50-30-17-11-16-29(23-30)41-35(44)28-19-18-25-12-9-10-15-27(25)22-28/h6-19,22-23,34H,5,20-21,24H2,1-4H3,(H,41,44)(H,42,45). The van der Waals surface area contributed by atoms with Crippen molar-refractivity contribution in [3.05, 3.63) is 124 Å². The van der Waals surface area contributed by atoms with Gasteiger partial charge >= 0.3 is 12.1 Å². The average Bonchev–Trinajstić information content (AvgIpc) is 3.47. The molecule has 0 spiro atoms. The van der Waals surface area contributed by atoms with E-state index in [0.717, 1.165) is 31.7 Å². The van der Waals surface area contributed by atoms with Gasteiger partial charge in [0.15, 0.2) is 0 Å². The Labute approximate surface area is 305 Å². The summed E-state index contributed by atoms with van der Waals surface area (Å²) >= 11 is 2.60. The molecule has 0 saturated heterocycles. The first-order valence-corrected chi connectivity index (χ1v) is 18.4. The molecule has 3 amide bonds. The van der Waals surface area contributed by atoms with Crippen LogP contribution in [0.4, 0.5) is 15.5 Å². The maximum Gasteiger partial charge on any atom is 0.410 e. The number of thiophene rings is 1. The maximum absolute atomic E-state index is 14.2. The Kier molecular flexibility index (Phi) is 10.8. The number of rotatable bonds is 9. The molecular weight excluding hydrogens is 683 g/mol. The van der Waals surface area contributed by atoms with Gasteiger partial charge in [-0.2, -0.15) is 0 Å². The summed E-state index contributed by atoms with van der Waals surface area (Å²) in [5.74, 6) is -1.08. The molecule has 5 aromatic rings. The average molecular weight is 722 g/mol. The van der Waals surface area contributed by atoms with Crippen molar-refractivity contribution in [2.45, 2.75) is 56.4 Å². The van der Waals surface area contributed by atoms with Crippen LogP contribution in [0, 0.1) is 0 Å². The minimum absolute atomic E-state index is 0.178. The van der Waals surface area contributed by atoms with Gasteiger partial charge in [-0.15, -0.1) is 23.1 Å². The third-order valence-electron chi connectivity index (χ3n) is 8.12. The fourth-order valence-corrected chi connectivity index (χ4v) is 8.13. The van der Waals surface area contributed by atoms with Crippen molar-refractivity contribution in [3.8, 4) is 0 Å². The summed E-state index contributed by atoms with van der Waals surface area (Å²) in [7, 11) is 0. The molecule has 6 rings (SSSR count). The molecule has 0 aliphatic carbocycles. The van der Waals surface area contributed by atoms with E-state index in [1.54, 1.807) is 17.9 Å². The summed E-state index contributed by atoms with van der Waals surface area (Å²) in [5.41, 5.74) is 2.35. The maximum atomic E-state index is 14.2. The smallest absolute Gasteiger partial charge is 0.410 e. The second-order valence-electron chi connectivity index (χ2n) is 13.0. The first-order chi connectivity index (χ1) is 24.5. The highest BCUT2D eigenvalue weighted by Crippen LogP contribution is 2.41. The number of amides is 3. The number of nitrogens with zero attached hydrogens (tertiary/aromatic N) is 1. The van der Waals surface area contributed by atoms with E-state index in [-0.39, 0.29) is 25.0 Å². The quantitative estimate of drug-likeness (QED) is 0.115. The van der Waals surface area contributed by atoms with Gasteiger partial charge in [-0.3, -0.25) is 9.59 Å². The fourth-order valence-electron chi connectivity index (χ4n) is 5.79. The van der Waals surface area contributed by atoms with Crippen LogP contribution in [-0.2, 0) is 27.2 Å². The van der Waals surface area contributed by atoms with Gasteiger partial charge < -0.3 is 25.0 Å². The van der Waals surface area contributed by atoms with Crippen LogP contribution in [0.5, 0.6) is 0 Å². The van der Waals surface area contributed by atoms with E-state index < -0.39 is 22.9 Å². The minimum atomic E-state index is -0.704. The molecule has 51 heavy (non-hydrogen) atoms. The van der Waals surface area contributed by atoms with Crippen LogP contribution in [0.3, 0.4) is 0 Å². The highest BCUT2D eigenvalue weighted by Gasteiger charge is 2.34. The van der Waals surface area contributed by atoms with Gasteiger partial charge in [0.25, 0.3) is 5.91 Å². The molecule has 11 heteroatoms. The minimum Gasteiger partial charge on any atom is -0.462 e. The summed E-state index contributed by atoms with van der Waals surface area (Å²) in [4.78, 5) is 56.8. The van der Waals surface area contributed by atoms with Crippen LogP contribution in [0.1, 0.15) is 69.7 Å². The summed E-state index contributed by atoms with van der Waals surface area (Å²) in [5, 5.41) is 7.74. The molecule has 262 valence electrons. The van der Waals surface area contributed by atoms with E-state index in [2.05, 4.69) is 10.6 Å². The summed E-state index contributed by atoms with van der Waals surface area (Å²) in [6.07, 6.45) is -0.00927. The highest BCUT2D eigenvalue weighted by molar-refractivity contribution is 8.00. The molecule has 1 aromatic heterocycles. The Bertz CT molecular complexity index is 2090. The first-order valence-electron chi connectivity index (χ1n) is 16.7. The van der Waals surface area contributed by atoms with E-state index in [1.165, 1.54) is 23.1 Å². The molecular formula is C40H39N3O6S2. The predicted molar refractivity (Wildman–Crippen MR) is 203 cm³/mol. The molecule has 4 aromatic carbocycles. The normalized spacial score (nSPS) is 13.2. The third-order valence-corrected chi connectivity index (χ3v) is 10.5. The zero-order valence-corrected chi connectivity index (χ0v) is 30.5. The monoisotopic (exact) mass is 721 g/mol. The van der Waals surface area contributed by atoms with E-state index in [0.29, 0.717) is 34.8 Å². The SMILES string of the molecule is CCOC(=O)c1c(NC(=O)C(Sc2cccc(NC(=O)c3ccc4ccccc4c3)c2)c2ccccc2)sc2c1CCN(C(=O)OC(C)(C)C)C2. The van der Waals surface area contributed by atoms with Gasteiger partial charge in [0.05, 0.1) is 18.7 Å². The number of thioether (sulfide) groups is 1. The number of carbonyl (C=O) groups is 4. The van der Waals surface area contributed by atoms with Crippen LogP contribution in [0.2, 0.25) is 0 Å². The molecule has 1 aliphatic rings. The number of anilines is 2. The number of hydrogen-bond donors (Lipinski definition) is 2. The molecule has 2 N–H and O–H groups in total. The van der Waals surface area contributed by atoms with Crippen molar-refractivity contribution in [1.82, 2.24) is 4.90 Å². The Balaban J connectivity index is 1.24. The summed E-state index contributed by atoms with van der Waals surface area (Å²) in [6.45, 7) is 7.99. The molecule has 0 saturated carbocycles. The van der Waals surface area contributed by atoms with E-state index in [1.807, 2.05) is 112 Å². The van der Waals surface area contributed by atoms with Crippen LogP contribution in [0.25, 0.3) is 10.8 Å². The van der Waals surface area contributed by atoms with Crippen molar-refractivity contribution in [2.24, 2.45) is 0 Å². The van der Waals surface area contributed by atoms with Gasteiger partial charge in [-0.1, -0.05) is 66.7 Å². The van der Waals surface area contributed by atoms with Gasteiger partial charge in [0.2, 0.25) is 5.91 Å². The van der Waals surface area contributed by atoms with Crippen molar-refractivity contribution in [3.63, 3.8) is 0 Å². The van der Waals surface area contributed by atoms with Crippen molar-refractivity contribution < 1.29 is 28.7 Å². The number of carbonyl (C=O) groups excluding carboxylic acids is 4. The predicted octanol–water partition coefficient (Wildman–Crippen LogP) is 9.10. The summed E-state index contributed by atoms with van der Waals surface area (Å²) in [6, 6.07) is 30.2. The number of hydrogen-bond acceptors (Lipinski definition) is 8. The van der Waals surface area contributed by atoms with Gasteiger partial charge in [0, 0.05) is 27.6 Å². The zero-order chi connectivity index (χ0) is 36.1. The van der Waals surface area contributed by atoms with Crippen LogP contribution < -0.4 is 10.6 Å². The van der Waals surface area contributed by atoms with Crippen molar-refractivity contribution in [2.75, 3.05) is 23.8 Å². The fraction of sp³-hybridized carbons (Fsp3) is 0.250. The highest BCUT2D eigenvalue weighted by atomic mass is 32.2. The number of benzene rings is 4. The molecule has 1 atom stereocenters. The molecule has 0 bridgehead atoms. The molecule has 9 nitrogen and oxygen atoms in total.